The zero-order chi connectivity index (χ0) is 12.6. The number of aryl methyl sites for hydroxylation is 1. The standard InChI is InChI=1S/C13H20N2O2S/c16-13(10-18-12-5-1-2-6-12)14-7-3-4-11-8-15-17-9-11/h8-9,12H,1-7,10H2,(H,14,16). The van der Waals surface area contributed by atoms with E-state index in [2.05, 4.69) is 10.5 Å². The lowest BCUT2D eigenvalue weighted by molar-refractivity contribution is -0.118. The Morgan fingerprint density at radius 3 is 3.06 bits per heavy atom. The van der Waals surface area contributed by atoms with E-state index in [9.17, 15) is 4.79 Å². The molecule has 100 valence electrons. The zero-order valence-corrected chi connectivity index (χ0v) is 11.4. The molecule has 2 rings (SSSR count). The fourth-order valence-electron chi connectivity index (χ4n) is 2.17. The number of hydrogen-bond donors (Lipinski definition) is 1. The Labute approximate surface area is 112 Å². The highest BCUT2D eigenvalue weighted by molar-refractivity contribution is 8.00. The van der Waals surface area contributed by atoms with Crippen molar-refractivity contribution in [3.05, 3.63) is 18.0 Å². The van der Waals surface area contributed by atoms with E-state index in [1.165, 1.54) is 25.7 Å². The van der Waals surface area contributed by atoms with Gasteiger partial charge in [-0.25, -0.2) is 0 Å². The SMILES string of the molecule is O=C(CSC1CCCC1)NCCCc1cnoc1. The minimum Gasteiger partial charge on any atom is -0.364 e. The van der Waals surface area contributed by atoms with Crippen molar-refractivity contribution in [1.29, 1.82) is 0 Å². The molecule has 0 spiro atoms. The van der Waals surface area contributed by atoms with E-state index in [1.807, 2.05) is 11.8 Å². The van der Waals surface area contributed by atoms with Crippen molar-refractivity contribution in [1.82, 2.24) is 10.5 Å². The van der Waals surface area contributed by atoms with E-state index in [0.29, 0.717) is 11.0 Å². The molecule has 1 aromatic rings. The smallest absolute Gasteiger partial charge is 0.230 e. The number of carbonyl (C=O) groups excluding carboxylic acids is 1. The van der Waals surface area contributed by atoms with E-state index in [1.54, 1.807) is 12.5 Å². The van der Waals surface area contributed by atoms with Gasteiger partial charge in [0.15, 0.2) is 0 Å². The van der Waals surface area contributed by atoms with Crippen molar-refractivity contribution < 1.29 is 9.32 Å². The molecule has 1 aromatic heterocycles. The minimum atomic E-state index is 0.164. The van der Waals surface area contributed by atoms with Gasteiger partial charge in [0.2, 0.25) is 5.91 Å². The third-order valence-electron chi connectivity index (χ3n) is 3.20. The second-order valence-electron chi connectivity index (χ2n) is 4.70. The van der Waals surface area contributed by atoms with Gasteiger partial charge in [-0.15, -0.1) is 11.8 Å². The first kappa shape index (κ1) is 13.5. The molecule has 0 aliphatic heterocycles. The van der Waals surface area contributed by atoms with Gasteiger partial charge in [0.1, 0.15) is 6.26 Å². The molecule has 1 saturated carbocycles. The van der Waals surface area contributed by atoms with Crippen LogP contribution in [0.4, 0.5) is 0 Å². The maximum absolute atomic E-state index is 11.6. The number of carbonyl (C=O) groups is 1. The Balaban J connectivity index is 1.49. The number of rotatable bonds is 7. The molecule has 5 heteroatoms. The molecule has 1 aliphatic rings. The molecule has 0 atom stereocenters. The lowest BCUT2D eigenvalue weighted by atomic mass is 10.2. The second-order valence-corrected chi connectivity index (χ2v) is 5.99. The van der Waals surface area contributed by atoms with Crippen molar-refractivity contribution in [2.24, 2.45) is 0 Å². The molecule has 0 aromatic carbocycles. The zero-order valence-electron chi connectivity index (χ0n) is 10.6. The molecule has 0 bridgehead atoms. The molecule has 0 radical (unpaired) electrons. The van der Waals surface area contributed by atoms with Gasteiger partial charge in [-0.05, 0) is 25.7 Å². The van der Waals surface area contributed by atoms with Gasteiger partial charge in [0, 0.05) is 17.4 Å². The van der Waals surface area contributed by atoms with Crippen LogP contribution in [0.1, 0.15) is 37.7 Å². The van der Waals surface area contributed by atoms with E-state index in [-0.39, 0.29) is 5.91 Å². The molecular formula is C13H20N2O2S. The van der Waals surface area contributed by atoms with Crippen LogP contribution in [-0.4, -0.2) is 28.6 Å². The van der Waals surface area contributed by atoms with E-state index in [0.717, 1.165) is 24.9 Å². The van der Waals surface area contributed by atoms with E-state index < -0.39 is 0 Å². The minimum absolute atomic E-state index is 0.164. The van der Waals surface area contributed by atoms with Crippen molar-refractivity contribution >= 4 is 17.7 Å². The van der Waals surface area contributed by atoms with Gasteiger partial charge in [-0.1, -0.05) is 18.0 Å². The number of nitrogens with zero attached hydrogens (tertiary/aromatic N) is 1. The lowest BCUT2D eigenvalue weighted by Gasteiger charge is -2.08. The van der Waals surface area contributed by atoms with Gasteiger partial charge in [0.05, 0.1) is 11.9 Å². The van der Waals surface area contributed by atoms with Gasteiger partial charge < -0.3 is 9.84 Å². The quantitative estimate of drug-likeness (QED) is 0.772. The average Bonchev–Trinajstić information content (AvgIpc) is 3.04. The average molecular weight is 268 g/mol. The number of thioether (sulfide) groups is 1. The number of aromatic nitrogens is 1. The maximum Gasteiger partial charge on any atom is 0.230 e. The molecule has 1 N–H and O–H groups in total. The Hall–Kier alpha value is -0.970. The van der Waals surface area contributed by atoms with Crippen LogP contribution in [0.5, 0.6) is 0 Å². The number of amides is 1. The first-order chi connectivity index (χ1) is 8.84. The highest BCUT2D eigenvalue weighted by atomic mass is 32.2. The third kappa shape index (κ3) is 4.72. The molecule has 1 amide bonds. The van der Waals surface area contributed by atoms with Gasteiger partial charge in [-0.3, -0.25) is 4.79 Å². The predicted molar refractivity (Wildman–Crippen MR) is 72.5 cm³/mol. The fraction of sp³-hybridized carbons (Fsp3) is 0.692. The Morgan fingerprint density at radius 2 is 2.33 bits per heavy atom. The fourth-order valence-corrected chi connectivity index (χ4v) is 3.33. The highest BCUT2D eigenvalue weighted by Crippen LogP contribution is 2.28. The first-order valence-electron chi connectivity index (χ1n) is 6.61. The molecule has 4 nitrogen and oxygen atoms in total. The topological polar surface area (TPSA) is 55.1 Å². The van der Waals surface area contributed by atoms with Crippen LogP contribution in [0.25, 0.3) is 0 Å². The van der Waals surface area contributed by atoms with Gasteiger partial charge in [-0.2, -0.15) is 0 Å². The summed E-state index contributed by atoms with van der Waals surface area (Å²) in [6.07, 6.45) is 10.4. The molecule has 1 heterocycles. The second kappa shape index (κ2) is 7.46. The largest absolute Gasteiger partial charge is 0.364 e. The predicted octanol–water partition coefficient (Wildman–Crippen LogP) is 2.40. The van der Waals surface area contributed by atoms with Gasteiger partial charge in [0.25, 0.3) is 0 Å². The van der Waals surface area contributed by atoms with Crippen LogP contribution in [0.2, 0.25) is 0 Å². The summed E-state index contributed by atoms with van der Waals surface area (Å²) >= 11 is 1.81. The van der Waals surface area contributed by atoms with Crippen LogP contribution in [0.3, 0.4) is 0 Å². The summed E-state index contributed by atoms with van der Waals surface area (Å²) in [4.78, 5) is 11.6. The molecule has 0 saturated heterocycles. The summed E-state index contributed by atoms with van der Waals surface area (Å²) in [6, 6.07) is 0. The third-order valence-corrected chi connectivity index (χ3v) is 4.57. The van der Waals surface area contributed by atoms with Crippen LogP contribution < -0.4 is 5.32 Å². The first-order valence-corrected chi connectivity index (χ1v) is 7.66. The van der Waals surface area contributed by atoms with Crippen LogP contribution in [-0.2, 0) is 11.2 Å². The highest BCUT2D eigenvalue weighted by Gasteiger charge is 2.16. The van der Waals surface area contributed by atoms with Crippen LogP contribution in [0, 0.1) is 0 Å². The molecule has 0 unspecified atom stereocenters. The van der Waals surface area contributed by atoms with Crippen LogP contribution >= 0.6 is 11.8 Å². The summed E-state index contributed by atoms with van der Waals surface area (Å²) in [5.74, 6) is 0.773. The lowest BCUT2D eigenvalue weighted by Crippen LogP contribution is -2.27. The van der Waals surface area contributed by atoms with E-state index in [4.69, 9.17) is 4.52 Å². The Bertz CT molecular complexity index is 348. The number of hydrogen-bond acceptors (Lipinski definition) is 4. The molecule has 1 aliphatic carbocycles. The molecule has 1 fully saturated rings. The van der Waals surface area contributed by atoms with Crippen molar-refractivity contribution in [2.75, 3.05) is 12.3 Å². The summed E-state index contributed by atoms with van der Waals surface area (Å²) in [5, 5.41) is 7.32. The van der Waals surface area contributed by atoms with Gasteiger partial charge >= 0.3 is 0 Å². The van der Waals surface area contributed by atoms with Crippen LogP contribution in [0.15, 0.2) is 17.0 Å². The monoisotopic (exact) mass is 268 g/mol. The molecular weight excluding hydrogens is 248 g/mol. The normalized spacial score (nSPS) is 16.0. The van der Waals surface area contributed by atoms with Crippen molar-refractivity contribution in [3.8, 4) is 0 Å². The Morgan fingerprint density at radius 1 is 1.50 bits per heavy atom. The molecule has 18 heavy (non-hydrogen) atoms. The summed E-state index contributed by atoms with van der Waals surface area (Å²) in [6.45, 7) is 0.731. The Kier molecular flexibility index (Phi) is 5.58. The summed E-state index contributed by atoms with van der Waals surface area (Å²) in [5.41, 5.74) is 1.09. The van der Waals surface area contributed by atoms with Crippen molar-refractivity contribution in [2.45, 2.75) is 43.8 Å². The van der Waals surface area contributed by atoms with E-state index >= 15 is 0 Å². The maximum atomic E-state index is 11.6. The summed E-state index contributed by atoms with van der Waals surface area (Å²) < 4.78 is 4.75. The van der Waals surface area contributed by atoms with Crippen molar-refractivity contribution in [3.63, 3.8) is 0 Å². The number of nitrogens with one attached hydrogen (secondary N) is 1. The summed E-state index contributed by atoms with van der Waals surface area (Å²) in [7, 11) is 0.